The second-order valence-corrected chi connectivity index (χ2v) is 3.47. The van der Waals surface area contributed by atoms with Gasteiger partial charge in [0.15, 0.2) is 0 Å². The molecule has 0 saturated heterocycles. The molecule has 0 spiro atoms. The summed E-state index contributed by atoms with van der Waals surface area (Å²) in [6.07, 6.45) is -0.00350. The molecule has 0 atom stereocenters. The molecular weight excluding hydrogens is 172 g/mol. The van der Waals surface area contributed by atoms with Crippen LogP contribution in [-0.4, -0.2) is 31.8 Å². The first-order valence-corrected chi connectivity index (χ1v) is 4.54. The van der Waals surface area contributed by atoms with Gasteiger partial charge in [0, 0.05) is 12.2 Å². The van der Waals surface area contributed by atoms with Crippen molar-refractivity contribution < 1.29 is 22.5 Å². The summed E-state index contributed by atoms with van der Waals surface area (Å²) in [6.45, 7) is 0. The van der Waals surface area contributed by atoms with Crippen molar-refractivity contribution in [3.8, 4) is 0 Å². The van der Waals surface area contributed by atoms with E-state index >= 15 is 0 Å². The van der Waals surface area contributed by atoms with Crippen molar-refractivity contribution >= 4 is 16.1 Å². The van der Waals surface area contributed by atoms with Gasteiger partial charge in [-0.2, -0.15) is 0 Å². The van der Waals surface area contributed by atoms with Crippen LogP contribution in [0, 0.1) is 0 Å². The predicted molar refractivity (Wildman–Crippen MR) is 35.8 cm³/mol. The topological polar surface area (TPSA) is 83.5 Å². The molecule has 0 radical (unpaired) electrons. The SMILES string of the molecule is COC(=O)CCCS(=O)(=O)[O-]. The highest BCUT2D eigenvalue weighted by Crippen LogP contribution is 1.94. The minimum atomic E-state index is -4.19. The lowest BCUT2D eigenvalue weighted by atomic mass is 10.3. The van der Waals surface area contributed by atoms with E-state index < -0.39 is 21.8 Å². The van der Waals surface area contributed by atoms with Crippen molar-refractivity contribution in [1.82, 2.24) is 0 Å². The third kappa shape index (κ3) is 7.27. The number of methoxy groups -OCH3 is 1. The summed E-state index contributed by atoms with van der Waals surface area (Å²) in [5.74, 6) is -1.02. The van der Waals surface area contributed by atoms with E-state index in [0.717, 1.165) is 0 Å². The molecule has 0 N–H and O–H groups in total. The number of rotatable bonds is 4. The Bertz CT molecular complexity index is 217. The molecule has 0 heterocycles. The largest absolute Gasteiger partial charge is 0.748 e. The van der Waals surface area contributed by atoms with Crippen molar-refractivity contribution in [3.63, 3.8) is 0 Å². The Hall–Kier alpha value is -0.620. The Morgan fingerprint density at radius 1 is 1.55 bits per heavy atom. The Kier molecular flexibility index (Phi) is 4.06. The lowest BCUT2D eigenvalue weighted by Crippen LogP contribution is -2.07. The first kappa shape index (κ1) is 10.4. The maximum Gasteiger partial charge on any atom is 0.305 e. The van der Waals surface area contributed by atoms with Crippen molar-refractivity contribution in [2.75, 3.05) is 12.9 Å². The zero-order chi connectivity index (χ0) is 8.91. The molecule has 0 rings (SSSR count). The van der Waals surface area contributed by atoms with Gasteiger partial charge in [0.1, 0.15) is 0 Å². The molecule has 0 aromatic carbocycles. The average molecular weight is 181 g/mol. The van der Waals surface area contributed by atoms with E-state index in [2.05, 4.69) is 4.74 Å². The van der Waals surface area contributed by atoms with Crippen LogP contribution >= 0.6 is 0 Å². The normalized spacial score (nSPS) is 11.1. The minimum Gasteiger partial charge on any atom is -0.748 e. The molecule has 0 saturated carbocycles. The van der Waals surface area contributed by atoms with Gasteiger partial charge in [-0.05, 0) is 6.42 Å². The zero-order valence-electron chi connectivity index (χ0n) is 6.07. The molecule has 11 heavy (non-hydrogen) atoms. The van der Waals surface area contributed by atoms with Crippen LogP contribution in [-0.2, 0) is 19.6 Å². The van der Waals surface area contributed by atoms with Crippen LogP contribution in [0.1, 0.15) is 12.8 Å². The van der Waals surface area contributed by atoms with E-state index in [0.29, 0.717) is 0 Å². The molecule has 0 amide bonds. The highest BCUT2D eigenvalue weighted by molar-refractivity contribution is 7.85. The predicted octanol–water partition coefficient (Wildman–Crippen LogP) is -0.515. The van der Waals surface area contributed by atoms with E-state index in [1.165, 1.54) is 7.11 Å². The average Bonchev–Trinajstić information content (AvgIpc) is 1.85. The molecule has 5 nitrogen and oxygen atoms in total. The standard InChI is InChI=1S/C5H10O5S/c1-10-5(6)3-2-4-11(7,8)9/h2-4H2,1H3,(H,7,8,9)/p-1. The molecular formula is C5H9O5S-. The first-order chi connectivity index (χ1) is 4.95. The highest BCUT2D eigenvalue weighted by Gasteiger charge is 2.01. The van der Waals surface area contributed by atoms with Crippen molar-refractivity contribution in [3.05, 3.63) is 0 Å². The van der Waals surface area contributed by atoms with Crippen LogP contribution in [0.25, 0.3) is 0 Å². The van der Waals surface area contributed by atoms with E-state index in [1.54, 1.807) is 0 Å². The summed E-state index contributed by atoms with van der Waals surface area (Å²) in [4.78, 5) is 10.4. The van der Waals surface area contributed by atoms with Gasteiger partial charge in [-0.3, -0.25) is 4.79 Å². The third-order valence-corrected chi connectivity index (χ3v) is 1.79. The molecule has 66 valence electrons. The Labute approximate surface area is 65.1 Å². The summed E-state index contributed by atoms with van der Waals surface area (Å²) in [6, 6.07) is 0. The molecule has 0 aromatic rings. The summed E-state index contributed by atoms with van der Waals surface area (Å²) in [5.41, 5.74) is 0. The lowest BCUT2D eigenvalue weighted by Gasteiger charge is -2.04. The third-order valence-electron chi connectivity index (χ3n) is 1.00. The quantitative estimate of drug-likeness (QED) is 0.430. The Morgan fingerprint density at radius 2 is 2.09 bits per heavy atom. The molecule has 0 aromatic heterocycles. The highest BCUT2D eigenvalue weighted by atomic mass is 32.2. The second-order valence-electron chi connectivity index (χ2n) is 1.94. The fourth-order valence-electron chi connectivity index (χ4n) is 0.495. The fraction of sp³-hybridized carbons (Fsp3) is 0.800. The molecule has 6 heteroatoms. The summed E-state index contributed by atoms with van der Waals surface area (Å²) in [5, 5.41) is 0. The van der Waals surface area contributed by atoms with Gasteiger partial charge in [0.2, 0.25) is 0 Å². The van der Waals surface area contributed by atoms with E-state index in [1.807, 2.05) is 0 Å². The van der Waals surface area contributed by atoms with Gasteiger partial charge in [-0.25, -0.2) is 8.42 Å². The van der Waals surface area contributed by atoms with Crippen LogP contribution < -0.4 is 0 Å². The summed E-state index contributed by atoms with van der Waals surface area (Å²) < 4.78 is 34.2. The molecule has 0 unspecified atom stereocenters. The first-order valence-electron chi connectivity index (χ1n) is 2.96. The van der Waals surface area contributed by atoms with E-state index in [4.69, 9.17) is 0 Å². The molecule has 0 aliphatic heterocycles. The van der Waals surface area contributed by atoms with Gasteiger partial charge in [0.25, 0.3) is 0 Å². The van der Waals surface area contributed by atoms with Gasteiger partial charge >= 0.3 is 5.97 Å². The number of hydrogen-bond donors (Lipinski definition) is 0. The summed E-state index contributed by atoms with van der Waals surface area (Å²) >= 11 is 0. The van der Waals surface area contributed by atoms with Crippen LogP contribution in [0.15, 0.2) is 0 Å². The van der Waals surface area contributed by atoms with Crippen LogP contribution in [0.5, 0.6) is 0 Å². The van der Waals surface area contributed by atoms with Crippen LogP contribution in [0.4, 0.5) is 0 Å². The minimum absolute atomic E-state index is 0.0263. The van der Waals surface area contributed by atoms with Gasteiger partial charge in [-0.15, -0.1) is 0 Å². The Balaban J connectivity index is 3.51. The van der Waals surface area contributed by atoms with Crippen LogP contribution in [0.3, 0.4) is 0 Å². The van der Waals surface area contributed by atoms with Crippen molar-refractivity contribution in [1.29, 1.82) is 0 Å². The number of esters is 1. The molecule has 0 aliphatic carbocycles. The monoisotopic (exact) mass is 181 g/mol. The number of carbonyl (C=O) groups excluding carboxylic acids is 1. The molecule has 0 aliphatic rings. The van der Waals surface area contributed by atoms with Crippen molar-refractivity contribution in [2.24, 2.45) is 0 Å². The van der Waals surface area contributed by atoms with Gasteiger partial charge in [-0.1, -0.05) is 0 Å². The lowest BCUT2D eigenvalue weighted by molar-refractivity contribution is -0.140. The number of carbonyl (C=O) groups is 1. The van der Waals surface area contributed by atoms with Gasteiger partial charge in [0.05, 0.1) is 17.2 Å². The van der Waals surface area contributed by atoms with Gasteiger partial charge < -0.3 is 9.29 Å². The fourth-order valence-corrected chi connectivity index (χ4v) is 0.993. The zero-order valence-corrected chi connectivity index (χ0v) is 6.89. The Morgan fingerprint density at radius 3 is 2.45 bits per heavy atom. The molecule has 0 bridgehead atoms. The van der Waals surface area contributed by atoms with Crippen molar-refractivity contribution in [2.45, 2.75) is 12.8 Å². The number of hydrogen-bond acceptors (Lipinski definition) is 5. The maximum atomic E-state index is 10.4. The molecule has 0 fully saturated rings. The maximum absolute atomic E-state index is 10.4. The number of ether oxygens (including phenoxy) is 1. The smallest absolute Gasteiger partial charge is 0.305 e. The van der Waals surface area contributed by atoms with E-state index in [-0.39, 0.29) is 12.8 Å². The second kappa shape index (κ2) is 4.30. The van der Waals surface area contributed by atoms with Crippen LogP contribution in [0.2, 0.25) is 0 Å². The van der Waals surface area contributed by atoms with E-state index in [9.17, 15) is 17.8 Å². The summed E-state index contributed by atoms with van der Waals surface area (Å²) in [7, 11) is -2.98.